The highest BCUT2D eigenvalue weighted by Crippen LogP contribution is 2.37. The van der Waals surface area contributed by atoms with E-state index in [1.165, 1.54) is 19.5 Å². The lowest BCUT2D eigenvalue weighted by molar-refractivity contribution is 0.576. The highest BCUT2D eigenvalue weighted by Gasteiger charge is 2.19. The van der Waals surface area contributed by atoms with E-state index in [9.17, 15) is 8.96 Å². The van der Waals surface area contributed by atoms with Gasteiger partial charge >= 0.3 is 0 Å². The first-order chi connectivity index (χ1) is 13.9. The fourth-order valence-electron chi connectivity index (χ4n) is 3.23. The summed E-state index contributed by atoms with van der Waals surface area (Å²) in [6.07, 6.45) is 1.42. The zero-order valence-electron chi connectivity index (χ0n) is 15.7. The Balaban J connectivity index is 1.59. The average Bonchev–Trinajstić information content (AvgIpc) is 3.30. The number of benzene rings is 2. The number of H-pyrrole nitrogens is 1. The number of pyridine rings is 1. The van der Waals surface area contributed by atoms with E-state index in [0.717, 1.165) is 16.6 Å². The minimum Gasteiger partial charge on any atom is -0.434 e. The fourth-order valence-corrected chi connectivity index (χ4v) is 4.18. The number of para-hydroxylation sites is 2. The summed E-state index contributed by atoms with van der Waals surface area (Å²) in [7, 11) is -2.79. The maximum Gasteiger partial charge on any atom is 0.264 e. The van der Waals surface area contributed by atoms with Crippen LogP contribution in [0, 0.1) is 5.95 Å². The molecule has 0 aliphatic rings. The van der Waals surface area contributed by atoms with Gasteiger partial charge in [0.05, 0.1) is 16.3 Å². The lowest BCUT2D eigenvalue weighted by Gasteiger charge is -2.09. The zero-order chi connectivity index (χ0) is 20.2. The van der Waals surface area contributed by atoms with Crippen LogP contribution >= 0.6 is 7.14 Å². The number of aromatic nitrogens is 4. The van der Waals surface area contributed by atoms with Crippen LogP contribution in [0.3, 0.4) is 0 Å². The van der Waals surface area contributed by atoms with Gasteiger partial charge in [-0.3, -0.25) is 0 Å². The molecular formula is C21H16FN4O2P. The molecule has 3 heterocycles. The van der Waals surface area contributed by atoms with Gasteiger partial charge in [-0.05, 0) is 49.2 Å². The third-order valence-electron chi connectivity index (χ3n) is 4.71. The minimum atomic E-state index is -2.79. The number of oxazole rings is 1. The smallest absolute Gasteiger partial charge is 0.264 e. The molecule has 0 saturated heterocycles. The van der Waals surface area contributed by atoms with E-state index in [-0.39, 0.29) is 5.30 Å². The Morgan fingerprint density at radius 2 is 1.83 bits per heavy atom. The van der Waals surface area contributed by atoms with E-state index >= 15 is 0 Å². The molecule has 0 spiro atoms. The van der Waals surface area contributed by atoms with Crippen molar-refractivity contribution in [2.45, 2.75) is 0 Å². The number of rotatable bonds is 3. The largest absolute Gasteiger partial charge is 0.434 e. The van der Waals surface area contributed by atoms with Crippen LogP contribution in [0.1, 0.15) is 0 Å². The first kappa shape index (κ1) is 17.8. The highest BCUT2D eigenvalue weighted by molar-refractivity contribution is 7.70. The number of nitrogens with one attached hydrogen (secondary N) is 1. The number of halogens is 1. The highest BCUT2D eigenvalue weighted by atomic mass is 31.2. The lowest BCUT2D eigenvalue weighted by atomic mass is 10.1. The van der Waals surface area contributed by atoms with Gasteiger partial charge in [0.15, 0.2) is 11.4 Å². The fraction of sp³-hybridized carbons (Fsp3) is 0.0952. The predicted molar refractivity (Wildman–Crippen MR) is 111 cm³/mol. The lowest BCUT2D eigenvalue weighted by Crippen LogP contribution is -2.11. The standard InChI is InChI=1S/C21H16FN4O2P/c1-29(2,27)18-10-13(11-23-19(18)22)12-7-8-16-17(9-12)28-21(26-16)20-24-14-5-3-4-6-15(14)25-20/h3-11H,1-2H3,(H,24,25). The van der Waals surface area contributed by atoms with Gasteiger partial charge in [-0.25, -0.2) is 15.0 Å². The Morgan fingerprint density at radius 3 is 2.62 bits per heavy atom. The molecule has 1 N–H and O–H groups in total. The van der Waals surface area contributed by atoms with Crippen molar-refractivity contribution in [3.8, 4) is 22.8 Å². The third-order valence-corrected chi connectivity index (χ3v) is 6.19. The molecular weight excluding hydrogens is 390 g/mol. The van der Waals surface area contributed by atoms with Crippen LogP contribution in [0.5, 0.6) is 0 Å². The molecule has 29 heavy (non-hydrogen) atoms. The van der Waals surface area contributed by atoms with E-state index < -0.39 is 13.1 Å². The summed E-state index contributed by atoms with van der Waals surface area (Å²) >= 11 is 0. The van der Waals surface area contributed by atoms with Gasteiger partial charge < -0.3 is 14.0 Å². The predicted octanol–water partition coefficient (Wildman–Crippen LogP) is 4.82. The van der Waals surface area contributed by atoms with Gasteiger partial charge in [0.2, 0.25) is 5.95 Å². The number of aromatic amines is 1. The van der Waals surface area contributed by atoms with Crippen molar-refractivity contribution < 1.29 is 13.4 Å². The molecule has 0 fully saturated rings. The Hall–Kier alpha value is -3.31. The molecule has 0 amide bonds. The van der Waals surface area contributed by atoms with Gasteiger partial charge in [-0.2, -0.15) is 4.39 Å². The van der Waals surface area contributed by atoms with Gasteiger partial charge in [-0.1, -0.05) is 18.2 Å². The van der Waals surface area contributed by atoms with Crippen molar-refractivity contribution >= 4 is 34.6 Å². The van der Waals surface area contributed by atoms with Crippen LogP contribution in [0.4, 0.5) is 4.39 Å². The number of fused-ring (bicyclic) bond motifs is 2. The summed E-state index contributed by atoms with van der Waals surface area (Å²) < 4.78 is 32.3. The quantitative estimate of drug-likeness (QED) is 0.343. The Bertz CT molecular complexity index is 1400. The third kappa shape index (κ3) is 3.13. The molecule has 0 aliphatic carbocycles. The second kappa shape index (κ2) is 6.36. The topological polar surface area (TPSA) is 84.7 Å². The maximum absolute atomic E-state index is 14.0. The molecule has 6 nitrogen and oxygen atoms in total. The van der Waals surface area contributed by atoms with Crippen molar-refractivity contribution in [2.75, 3.05) is 13.3 Å². The monoisotopic (exact) mass is 406 g/mol. The normalized spacial score (nSPS) is 12.1. The number of hydrogen-bond donors (Lipinski definition) is 1. The summed E-state index contributed by atoms with van der Waals surface area (Å²) in [5.41, 5.74) is 4.41. The number of nitrogens with zero attached hydrogens (tertiary/aromatic N) is 3. The number of imidazole rings is 1. The second-order valence-corrected chi connectivity index (χ2v) is 10.4. The summed E-state index contributed by atoms with van der Waals surface area (Å²) in [5, 5.41) is 0.135. The van der Waals surface area contributed by atoms with Gasteiger partial charge in [0, 0.05) is 11.8 Å². The van der Waals surface area contributed by atoms with Crippen molar-refractivity contribution in [1.29, 1.82) is 0 Å². The molecule has 2 aromatic carbocycles. The summed E-state index contributed by atoms with van der Waals surface area (Å²) in [6.45, 7) is 3.05. The van der Waals surface area contributed by atoms with Crippen LogP contribution in [0.2, 0.25) is 0 Å². The van der Waals surface area contributed by atoms with Crippen LogP contribution in [0.15, 0.2) is 59.1 Å². The summed E-state index contributed by atoms with van der Waals surface area (Å²) in [4.78, 5) is 16.0. The summed E-state index contributed by atoms with van der Waals surface area (Å²) in [5.74, 6) is 0.237. The Kier molecular flexibility index (Phi) is 3.89. The molecule has 144 valence electrons. The molecule has 0 aliphatic heterocycles. The maximum atomic E-state index is 14.0. The number of hydrogen-bond acceptors (Lipinski definition) is 5. The molecule has 5 rings (SSSR count). The average molecular weight is 406 g/mol. The molecule has 0 saturated carbocycles. The molecule has 0 unspecified atom stereocenters. The van der Waals surface area contributed by atoms with E-state index in [4.69, 9.17) is 4.42 Å². The van der Waals surface area contributed by atoms with Crippen molar-refractivity contribution in [2.24, 2.45) is 0 Å². The van der Waals surface area contributed by atoms with Crippen LogP contribution in [0.25, 0.3) is 45.0 Å². The zero-order valence-corrected chi connectivity index (χ0v) is 16.6. The second-order valence-electron chi connectivity index (χ2n) is 7.19. The molecule has 8 heteroatoms. The molecule has 0 bridgehead atoms. The first-order valence-electron chi connectivity index (χ1n) is 8.96. The summed E-state index contributed by atoms with van der Waals surface area (Å²) in [6, 6.07) is 14.8. The van der Waals surface area contributed by atoms with E-state index in [2.05, 4.69) is 19.9 Å². The molecule has 5 aromatic rings. The Morgan fingerprint density at radius 1 is 1.00 bits per heavy atom. The van der Waals surface area contributed by atoms with E-state index in [0.29, 0.717) is 28.4 Å². The van der Waals surface area contributed by atoms with E-state index in [1.54, 1.807) is 6.07 Å². The first-order valence-corrected chi connectivity index (χ1v) is 11.6. The SMILES string of the molecule is CP(C)(=O)c1cc(-c2ccc3nc(-c4nc5ccccc5[nH]4)oc3c2)cnc1F. The molecule has 0 radical (unpaired) electrons. The van der Waals surface area contributed by atoms with E-state index in [1.807, 2.05) is 42.5 Å². The minimum absolute atomic E-state index is 0.135. The Labute approximate surface area is 165 Å². The van der Waals surface area contributed by atoms with Crippen LogP contribution < -0.4 is 5.30 Å². The van der Waals surface area contributed by atoms with Crippen molar-refractivity contribution in [3.63, 3.8) is 0 Å². The van der Waals surface area contributed by atoms with Crippen molar-refractivity contribution in [3.05, 3.63) is 60.7 Å². The van der Waals surface area contributed by atoms with Gasteiger partial charge in [-0.15, -0.1) is 0 Å². The molecule has 3 aromatic heterocycles. The van der Waals surface area contributed by atoms with Crippen molar-refractivity contribution in [1.82, 2.24) is 19.9 Å². The van der Waals surface area contributed by atoms with Gasteiger partial charge in [0.25, 0.3) is 5.89 Å². The van der Waals surface area contributed by atoms with Crippen LogP contribution in [-0.4, -0.2) is 33.3 Å². The van der Waals surface area contributed by atoms with Gasteiger partial charge in [0.1, 0.15) is 12.7 Å². The van der Waals surface area contributed by atoms with Crippen LogP contribution in [-0.2, 0) is 4.57 Å². The molecule has 0 atom stereocenters.